The summed E-state index contributed by atoms with van der Waals surface area (Å²) in [6.07, 6.45) is 0. The lowest BCUT2D eigenvalue weighted by Gasteiger charge is -2.27. The fourth-order valence-electron chi connectivity index (χ4n) is 3.45. The number of tetrazole rings is 1. The van der Waals surface area contributed by atoms with Crippen LogP contribution in [-0.4, -0.2) is 35.3 Å². The molecule has 0 saturated heterocycles. The molecule has 148 valence electrons. The maximum Gasteiger partial charge on any atom is 0.288 e. The van der Waals surface area contributed by atoms with Crippen LogP contribution < -0.4 is 10.9 Å². The monoisotopic (exact) mass is 422 g/mol. The van der Waals surface area contributed by atoms with Crippen LogP contribution in [-0.2, 0) is 0 Å². The molecule has 0 bridgehead atoms. The van der Waals surface area contributed by atoms with E-state index in [1.165, 1.54) is 16.8 Å². The molecule has 30 heavy (non-hydrogen) atoms. The molecule has 3 heterocycles. The lowest BCUT2D eigenvalue weighted by molar-refractivity contribution is -0.384. The highest BCUT2D eigenvalue weighted by Crippen LogP contribution is 2.41. The van der Waals surface area contributed by atoms with Gasteiger partial charge in [-0.1, -0.05) is 28.8 Å². The molecular formula is C18H11ClN8O3. The standard InChI is InChI=1S/C18H11ClN8O3/c19-11-5-1-9(2-6-11)14-13-15(17(28)22-21-14)20-18-23-24-25-26(18)16(13)10-3-7-12(8-4-10)27(29)30/h1-8,16H,(H,22,28)(H,20,23,25). The van der Waals surface area contributed by atoms with E-state index < -0.39 is 16.5 Å². The number of rotatable bonds is 3. The van der Waals surface area contributed by atoms with Gasteiger partial charge in [0.05, 0.1) is 10.6 Å². The summed E-state index contributed by atoms with van der Waals surface area (Å²) in [5, 5.41) is 33.0. The lowest BCUT2D eigenvalue weighted by Crippen LogP contribution is -2.29. The first-order valence-corrected chi connectivity index (χ1v) is 9.08. The van der Waals surface area contributed by atoms with Gasteiger partial charge in [-0.05, 0) is 40.3 Å². The average Bonchev–Trinajstić information content (AvgIpc) is 3.22. The van der Waals surface area contributed by atoms with E-state index in [0.717, 1.165) is 5.56 Å². The zero-order valence-electron chi connectivity index (χ0n) is 15.0. The Morgan fingerprint density at radius 1 is 1.10 bits per heavy atom. The highest BCUT2D eigenvalue weighted by molar-refractivity contribution is 6.30. The summed E-state index contributed by atoms with van der Waals surface area (Å²) in [6.45, 7) is 0. The Hall–Kier alpha value is -4.12. The fraction of sp³-hybridized carbons (Fsp3) is 0.0556. The summed E-state index contributed by atoms with van der Waals surface area (Å²) in [6, 6.07) is 12.4. The minimum atomic E-state index is -0.632. The van der Waals surface area contributed by atoms with Gasteiger partial charge in [0.25, 0.3) is 11.2 Å². The molecule has 2 aromatic heterocycles. The molecule has 1 aliphatic heterocycles. The Bertz CT molecular complexity index is 1330. The Morgan fingerprint density at radius 2 is 1.83 bits per heavy atom. The van der Waals surface area contributed by atoms with E-state index in [1.807, 2.05) is 0 Å². The minimum absolute atomic E-state index is 0.0493. The number of fused-ring (bicyclic) bond motifs is 2. The lowest BCUT2D eigenvalue weighted by atomic mass is 9.92. The van der Waals surface area contributed by atoms with Crippen molar-refractivity contribution in [3.8, 4) is 11.3 Å². The average molecular weight is 423 g/mol. The number of H-pyrrole nitrogens is 1. The molecule has 0 amide bonds. The number of benzene rings is 2. The minimum Gasteiger partial charge on any atom is -0.318 e. The predicted molar refractivity (Wildman–Crippen MR) is 107 cm³/mol. The molecule has 1 aliphatic rings. The maximum absolute atomic E-state index is 12.6. The van der Waals surface area contributed by atoms with E-state index >= 15 is 0 Å². The van der Waals surface area contributed by atoms with Crippen molar-refractivity contribution in [3.63, 3.8) is 0 Å². The normalized spacial score (nSPS) is 14.5. The van der Waals surface area contributed by atoms with Gasteiger partial charge in [-0.2, -0.15) is 9.78 Å². The first-order valence-electron chi connectivity index (χ1n) is 8.70. The molecule has 4 aromatic rings. The molecule has 5 rings (SSSR count). The highest BCUT2D eigenvalue weighted by atomic mass is 35.5. The van der Waals surface area contributed by atoms with Crippen molar-refractivity contribution < 1.29 is 4.92 Å². The highest BCUT2D eigenvalue weighted by Gasteiger charge is 2.34. The molecule has 11 nitrogen and oxygen atoms in total. The van der Waals surface area contributed by atoms with Crippen LogP contribution >= 0.6 is 11.6 Å². The second-order valence-electron chi connectivity index (χ2n) is 6.52. The summed E-state index contributed by atoms with van der Waals surface area (Å²) in [7, 11) is 0. The van der Waals surface area contributed by atoms with Gasteiger partial charge in [0.15, 0.2) is 0 Å². The third kappa shape index (κ3) is 2.79. The van der Waals surface area contributed by atoms with Crippen LogP contribution in [0.15, 0.2) is 53.3 Å². The van der Waals surface area contributed by atoms with E-state index in [2.05, 4.69) is 31.0 Å². The van der Waals surface area contributed by atoms with Crippen LogP contribution in [0.5, 0.6) is 0 Å². The molecule has 0 radical (unpaired) electrons. The Morgan fingerprint density at radius 3 is 2.53 bits per heavy atom. The molecule has 1 atom stereocenters. The van der Waals surface area contributed by atoms with Crippen LogP contribution in [0.3, 0.4) is 0 Å². The quantitative estimate of drug-likeness (QED) is 0.333. The topological polar surface area (TPSA) is 145 Å². The van der Waals surface area contributed by atoms with E-state index in [1.54, 1.807) is 36.4 Å². The van der Waals surface area contributed by atoms with Crippen molar-refractivity contribution in [1.29, 1.82) is 0 Å². The first kappa shape index (κ1) is 17.9. The molecule has 0 fully saturated rings. The van der Waals surface area contributed by atoms with Crippen molar-refractivity contribution in [2.75, 3.05) is 5.32 Å². The molecule has 1 unspecified atom stereocenters. The number of aromatic nitrogens is 6. The Balaban J connectivity index is 1.77. The van der Waals surface area contributed by atoms with Gasteiger partial charge in [0.1, 0.15) is 11.7 Å². The number of nitro groups is 1. The second kappa shape index (κ2) is 6.74. The number of anilines is 2. The molecular weight excluding hydrogens is 412 g/mol. The fourth-order valence-corrected chi connectivity index (χ4v) is 3.58. The molecule has 0 spiro atoms. The number of hydrogen-bond acceptors (Lipinski definition) is 8. The van der Waals surface area contributed by atoms with Gasteiger partial charge in [-0.15, -0.1) is 0 Å². The number of hydrogen-bond donors (Lipinski definition) is 2. The van der Waals surface area contributed by atoms with E-state index in [-0.39, 0.29) is 17.3 Å². The largest absolute Gasteiger partial charge is 0.318 e. The van der Waals surface area contributed by atoms with Gasteiger partial charge in [0.2, 0.25) is 5.95 Å². The summed E-state index contributed by atoms with van der Waals surface area (Å²) < 4.78 is 1.50. The van der Waals surface area contributed by atoms with E-state index in [4.69, 9.17) is 11.6 Å². The van der Waals surface area contributed by atoms with Gasteiger partial charge >= 0.3 is 0 Å². The van der Waals surface area contributed by atoms with Crippen LogP contribution in [0, 0.1) is 10.1 Å². The summed E-state index contributed by atoms with van der Waals surface area (Å²) in [4.78, 5) is 23.2. The van der Waals surface area contributed by atoms with Gasteiger partial charge in [-0.3, -0.25) is 14.9 Å². The van der Waals surface area contributed by atoms with Crippen LogP contribution in [0.25, 0.3) is 11.3 Å². The number of nitrogens with zero attached hydrogens (tertiary/aromatic N) is 6. The molecule has 0 saturated carbocycles. The van der Waals surface area contributed by atoms with Gasteiger partial charge in [-0.25, -0.2) is 5.10 Å². The second-order valence-corrected chi connectivity index (χ2v) is 6.96. The van der Waals surface area contributed by atoms with Crippen molar-refractivity contribution in [2.45, 2.75) is 6.04 Å². The Kier molecular flexibility index (Phi) is 4.03. The number of nitrogens with one attached hydrogen (secondary N) is 2. The van der Waals surface area contributed by atoms with Gasteiger partial charge in [0, 0.05) is 28.3 Å². The predicted octanol–water partition coefficient (Wildman–Crippen LogP) is 2.68. The van der Waals surface area contributed by atoms with Crippen molar-refractivity contribution in [2.24, 2.45) is 0 Å². The maximum atomic E-state index is 12.6. The number of non-ortho nitro benzene ring substituents is 1. The van der Waals surface area contributed by atoms with Crippen LogP contribution in [0.4, 0.5) is 17.3 Å². The van der Waals surface area contributed by atoms with Crippen molar-refractivity contribution in [3.05, 3.63) is 85.1 Å². The van der Waals surface area contributed by atoms with Crippen LogP contribution in [0.1, 0.15) is 17.2 Å². The van der Waals surface area contributed by atoms with Crippen molar-refractivity contribution >= 4 is 28.9 Å². The smallest absolute Gasteiger partial charge is 0.288 e. The number of nitro benzene ring substituents is 1. The van der Waals surface area contributed by atoms with Gasteiger partial charge < -0.3 is 5.32 Å². The third-order valence-electron chi connectivity index (χ3n) is 4.81. The van der Waals surface area contributed by atoms with Crippen LogP contribution in [0.2, 0.25) is 5.02 Å². The summed E-state index contributed by atoms with van der Waals surface area (Å²) in [5.74, 6) is 0.268. The number of halogens is 1. The van der Waals surface area contributed by atoms with Crippen molar-refractivity contribution in [1.82, 2.24) is 30.4 Å². The zero-order chi connectivity index (χ0) is 20.8. The first-order chi connectivity index (χ1) is 14.5. The molecule has 0 aliphatic carbocycles. The zero-order valence-corrected chi connectivity index (χ0v) is 15.7. The molecule has 12 heteroatoms. The SMILES string of the molecule is O=c1[nH]nc(-c2ccc(Cl)cc2)c2c1Nc1nnnn1C2c1ccc([N+](=O)[O-])cc1. The Labute approximate surface area is 172 Å². The summed E-state index contributed by atoms with van der Waals surface area (Å²) in [5.41, 5.74) is 2.17. The number of aromatic amines is 1. The summed E-state index contributed by atoms with van der Waals surface area (Å²) >= 11 is 6.01. The van der Waals surface area contributed by atoms with E-state index in [0.29, 0.717) is 21.8 Å². The third-order valence-corrected chi connectivity index (χ3v) is 5.06. The molecule has 2 N–H and O–H groups in total. The van der Waals surface area contributed by atoms with E-state index in [9.17, 15) is 14.9 Å². The molecule has 2 aromatic carbocycles.